The first-order chi connectivity index (χ1) is 10.4. The van der Waals surface area contributed by atoms with Gasteiger partial charge in [-0.3, -0.25) is 0 Å². The summed E-state index contributed by atoms with van der Waals surface area (Å²) in [5, 5.41) is 11.0. The Morgan fingerprint density at radius 1 is 0.909 bits per heavy atom. The summed E-state index contributed by atoms with van der Waals surface area (Å²) in [6.45, 7) is 13.1. The van der Waals surface area contributed by atoms with Crippen molar-refractivity contribution >= 4 is 0 Å². The van der Waals surface area contributed by atoms with E-state index in [2.05, 4.69) is 78.0 Å². The average Bonchev–Trinajstić information content (AvgIpc) is 2.53. The van der Waals surface area contributed by atoms with Gasteiger partial charge in [0.25, 0.3) is 0 Å². The van der Waals surface area contributed by atoms with Crippen LogP contribution in [0.2, 0.25) is 0 Å². The zero-order valence-electron chi connectivity index (χ0n) is 15.7. The largest absolute Gasteiger partial charge is 0.392 e. The molecule has 1 heteroatoms. The van der Waals surface area contributed by atoms with Crippen molar-refractivity contribution in [2.24, 2.45) is 10.8 Å². The molecule has 0 amide bonds. The van der Waals surface area contributed by atoms with Crippen LogP contribution in [0, 0.1) is 10.8 Å². The molecule has 0 rings (SSSR count). The molecule has 0 aromatic carbocycles. The molecule has 0 aromatic heterocycles. The van der Waals surface area contributed by atoms with Crippen molar-refractivity contribution in [3.8, 4) is 0 Å². The Hall–Kier alpha value is -0.820. The van der Waals surface area contributed by atoms with Gasteiger partial charge in [-0.15, -0.1) is 0 Å². The lowest BCUT2D eigenvalue weighted by Crippen LogP contribution is -2.43. The minimum atomic E-state index is -0.306. The summed E-state index contributed by atoms with van der Waals surface area (Å²) in [4.78, 5) is 0. The van der Waals surface area contributed by atoms with Gasteiger partial charge in [0.05, 0.1) is 6.10 Å². The van der Waals surface area contributed by atoms with Crippen molar-refractivity contribution in [1.82, 2.24) is 0 Å². The Morgan fingerprint density at radius 2 is 1.59 bits per heavy atom. The second kappa shape index (κ2) is 10.8. The molecule has 128 valence electrons. The molecule has 1 N–H and O–H groups in total. The SMILES string of the molecule is CC/C=C\C/C=C\C=C\C(C)(CC)C(O)C(C)(CC)CCC. The summed E-state index contributed by atoms with van der Waals surface area (Å²) in [5.74, 6) is 0. The molecule has 0 aliphatic heterocycles. The fourth-order valence-corrected chi connectivity index (χ4v) is 3.05. The van der Waals surface area contributed by atoms with Crippen LogP contribution in [0.25, 0.3) is 0 Å². The molecule has 0 spiro atoms. The van der Waals surface area contributed by atoms with E-state index in [4.69, 9.17) is 0 Å². The molecular weight excluding hydrogens is 268 g/mol. The van der Waals surface area contributed by atoms with Crippen molar-refractivity contribution in [1.29, 1.82) is 0 Å². The number of aliphatic hydroxyl groups is 1. The standard InChI is InChI=1S/C21H38O/c1-7-11-12-13-14-15-16-18-21(6,10-4)19(22)20(5,9-3)17-8-2/h11-12,14-16,18-19,22H,7-10,13,17H2,1-6H3/b12-11-,15-14-,18-16+. The second-order valence-corrected chi connectivity index (χ2v) is 6.92. The fourth-order valence-electron chi connectivity index (χ4n) is 3.05. The number of hydrogen-bond acceptors (Lipinski definition) is 1. The summed E-state index contributed by atoms with van der Waals surface area (Å²) in [5.41, 5.74) is -0.166. The smallest absolute Gasteiger partial charge is 0.0681 e. The molecule has 0 aromatic rings. The summed E-state index contributed by atoms with van der Waals surface area (Å²) in [6, 6.07) is 0. The van der Waals surface area contributed by atoms with Gasteiger partial charge in [-0.2, -0.15) is 0 Å². The molecule has 3 atom stereocenters. The van der Waals surface area contributed by atoms with Crippen molar-refractivity contribution in [2.75, 3.05) is 0 Å². The second-order valence-electron chi connectivity index (χ2n) is 6.92. The highest BCUT2D eigenvalue weighted by Gasteiger charge is 2.41. The summed E-state index contributed by atoms with van der Waals surface area (Å²) in [6.07, 6.45) is 18.9. The van der Waals surface area contributed by atoms with Gasteiger partial charge in [0.2, 0.25) is 0 Å². The van der Waals surface area contributed by atoms with E-state index in [0.717, 1.165) is 38.5 Å². The minimum Gasteiger partial charge on any atom is -0.392 e. The van der Waals surface area contributed by atoms with Crippen LogP contribution in [0.3, 0.4) is 0 Å². The molecule has 1 nitrogen and oxygen atoms in total. The molecule has 0 aliphatic carbocycles. The van der Waals surface area contributed by atoms with Crippen LogP contribution >= 0.6 is 0 Å². The molecule has 0 saturated carbocycles. The zero-order chi connectivity index (χ0) is 17.1. The Morgan fingerprint density at radius 3 is 2.09 bits per heavy atom. The summed E-state index contributed by atoms with van der Waals surface area (Å²) in [7, 11) is 0. The molecule has 0 heterocycles. The van der Waals surface area contributed by atoms with Gasteiger partial charge in [-0.25, -0.2) is 0 Å². The Balaban J connectivity index is 4.90. The quantitative estimate of drug-likeness (QED) is 0.343. The van der Waals surface area contributed by atoms with Gasteiger partial charge in [-0.1, -0.05) is 84.4 Å². The number of rotatable bonds is 11. The first-order valence-corrected chi connectivity index (χ1v) is 9.07. The Labute approximate surface area is 139 Å². The molecule has 0 radical (unpaired) electrons. The maximum Gasteiger partial charge on any atom is 0.0681 e. The van der Waals surface area contributed by atoms with Gasteiger partial charge < -0.3 is 5.11 Å². The maximum absolute atomic E-state index is 11.0. The van der Waals surface area contributed by atoms with Gasteiger partial charge in [-0.05, 0) is 37.5 Å². The van der Waals surface area contributed by atoms with E-state index in [-0.39, 0.29) is 16.9 Å². The molecular formula is C21H38O. The van der Waals surface area contributed by atoms with Crippen LogP contribution in [0.15, 0.2) is 36.5 Å². The molecule has 3 unspecified atom stereocenters. The van der Waals surface area contributed by atoms with Crippen LogP contribution in [-0.4, -0.2) is 11.2 Å². The van der Waals surface area contributed by atoms with Crippen molar-refractivity contribution < 1.29 is 5.11 Å². The summed E-state index contributed by atoms with van der Waals surface area (Å²) < 4.78 is 0. The van der Waals surface area contributed by atoms with E-state index in [0.29, 0.717) is 0 Å². The Kier molecular flexibility index (Phi) is 10.4. The minimum absolute atomic E-state index is 0.00255. The van der Waals surface area contributed by atoms with Crippen LogP contribution in [0.1, 0.15) is 80.1 Å². The monoisotopic (exact) mass is 306 g/mol. The fraction of sp³-hybridized carbons (Fsp3) is 0.714. The van der Waals surface area contributed by atoms with Gasteiger partial charge in [0.1, 0.15) is 0 Å². The highest BCUT2D eigenvalue weighted by Crippen LogP contribution is 2.43. The van der Waals surface area contributed by atoms with Crippen LogP contribution < -0.4 is 0 Å². The van der Waals surface area contributed by atoms with Crippen molar-refractivity contribution in [2.45, 2.75) is 86.2 Å². The lowest BCUT2D eigenvalue weighted by Gasteiger charge is -2.43. The van der Waals surface area contributed by atoms with Crippen LogP contribution in [-0.2, 0) is 0 Å². The molecule has 0 fully saturated rings. The van der Waals surface area contributed by atoms with Gasteiger partial charge in [0, 0.05) is 5.41 Å². The third-order valence-corrected chi connectivity index (χ3v) is 5.07. The van der Waals surface area contributed by atoms with E-state index in [1.165, 1.54) is 0 Å². The lowest BCUT2D eigenvalue weighted by atomic mass is 9.65. The predicted molar refractivity (Wildman–Crippen MR) is 100 cm³/mol. The summed E-state index contributed by atoms with van der Waals surface area (Å²) >= 11 is 0. The molecule has 0 bridgehead atoms. The van der Waals surface area contributed by atoms with E-state index in [1.807, 2.05) is 0 Å². The average molecular weight is 307 g/mol. The molecule has 22 heavy (non-hydrogen) atoms. The Bertz CT molecular complexity index is 366. The van der Waals surface area contributed by atoms with E-state index in [1.54, 1.807) is 0 Å². The van der Waals surface area contributed by atoms with Crippen LogP contribution in [0.4, 0.5) is 0 Å². The normalized spacial score (nSPS) is 19.8. The maximum atomic E-state index is 11.0. The van der Waals surface area contributed by atoms with Crippen LogP contribution in [0.5, 0.6) is 0 Å². The van der Waals surface area contributed by atoms with E-state index >= 15 is 0 Å². The van der Waals surface area contributed by atoms with Crippen molar-refractivity contribution in [3.05, 3.63) is 36.5 Å². The predicted octanol–water partition coefficient (Wildman–Crippen LogP) is 6.45. The van der Waals surface area contributed by atoms with E-state index < -0.39 is 0 Å². The van der Waals surface area contributed by atoms with Gasteiger partial charge >= 0.3 is 0 Å². The number of hydrogen-bond donors (Lipinski definition) is 1. The zero-order valence-corrected chi connectivity index (χ0v) is 15.7. The third kappa shape index (κ3) is 6.52. The molecule has 0 saturated heterocycles. The first-order valence-electron chi connectivity index (χ1n) is 9.07. The van der Waals surface area contributed by atoms with Gasteiger partial charge in [0.15, 0.2) is 0 Å². The molecule has 0 aliphatic rings. The van der Waals surface area contributed by atoms with Crippen molar-refractivity contribution in [3.63, 3.8) is 0 Å². The number of aliphatic hydroxyl groups excluding tert-OH is 1. The topological polar surface area (TPSA) is 20.2 Å². The first kappa shape index (κ1) is 21.2. The third-order valence-electron chi connectivity index (χ3n) is 5.07. The van der Waals surface area contributed by atoms with E-state index in [9.17, 15) is 5.11 Å². The number of allylic oxidation sites excluding steroid dienone is 5. The highest BCUT2D eigenvalue weighted by molar-refractivity contribution is 5.12. The lowest BCUT2D eigenvalue weighted by molar-refractivity contribution is -0.0448. The highest BCUT2D eigenvalue weighted by atomic mass is 16.3.